The monoisotopic (exact) mass is 1900 g/mol. The van der Waals surface area contributed by atoms with Gasteiger partial charge in [-0.2, -0.15) is 19.9 Å². The standard InChI is InChI=1S/2C37H28N4.2C31H22N2/c1-23-18-19-32-28(20-23)29-21-31-27(26-16-10-11-17-30(26)37(31,2)3)22-33(29)41(32)36-39-34(24-12-6-4-7-13-24)38-35(40-36)25-14-8-5-9-15-25;1-23-18-19-27-29-21-31-28(26-16-10-11-17-30(26)37(31,2)3)22-33(29)41(32(27)20-23)36-39-34(24-12-6-4-7-13-24)38-35(40-36)25-14-8-5-9-15-25;1-21-16-19-29-27(20-21)26-18-17-25-24-14-8-9-15-28(24)32(22-10-4-2-5-11-22)30(25)31(26)33(29)23-12-6-3-7-13-23;1-21-16-17-25-27-19-18-26-24-14-8-9-15-28(24)32(22-10-4-2-5-11-22)30(26)31(27)33(29(25)20-21)23-12-6-3-7-13-23/h2*4-22H,1-3H3;2*2-20H,1H3. The highest BCUT2D eigenvalue weighted by molar-refractivity contribution is 6.26. The molecule has 30 rings (SSSR count). The molecule has 148 heavy (non-hydrogen) atoms. The van der Waals surface area contributed by atoms with Gasteiger partial charge in [0.25, 0.3) is 0 Å². The average molecular weight is 1900 g/mol. The molecule has 28 aromatic rings. The van der Waals surface area contributed by atoms with Crippen molar-refractivity contribution in [3.8, 4) is 102 Å². The Labute approximate surface area is 856 Å². The molecule has 0 spiro atoms. The van der Waals surface area contributed by atoms with Crippen LogP contribution >= 0.6 is 0 Å². The Kier molecular flexibility index (Phi) is 20.9. The van der Waals surface area contributed by atoms with Crippen LogP contribution in [0.2, 0.25) is 0 Å². The van der Waals surface area contributed by atoms with Crippen LogP contribution in [0, 0.1) is 27.7 Å². The summed E-state index contributed by atoms with van der Waals surface area (Å²) in [5.74, 6) is 3.86. The SMILES string of the molecule is Cc1ccc2c(c1)c1cc3c(cc1n2-c1nc(-c2ccccc2)nc(-c2ccccc2)n1)-c1ccccc1C3(C)C.Cc1ccc2c(c1)c1ccc3c4ccccc4n(-c4ccccc4)c3c1n2-c1ccccc1.Cc1ccc2c3cc4c(cc3n(-c3nc(-c5ccccc5)nc(-c5ccccc5)n3)c2c1)-c1ccccc1C4(C)C.Cc1ccc2c3ccc4c5ccccc5n(-c5ccccc5)c4c3n(-c3ccccc3)c2c1. The first kappa shape index (κ1) is 88.2. The van der Waals surface area contributed by atoms with Crippen LogP contribution in [0.5, 0.6) is 0 Å². The lowest BCUT2D eigenvalue weighted by Gasteiger charge is -2.21. The van der Waals surface area contributed by atoms with E-state index in [2.05, 4.69) is 471 Å². The molecular weight excluding hydrogens is 1800 g/mol. The Balaban J connectivity index is 0.0000000979. The van der Waals surface area contributed by atoms with Crippen molar-refractivity contribution in [1.82, 2.24) is 57.3 Å². The third-order valence-electron chi connectivity index (χ3n) is 30.5. The topological polar surface area (TPSA) is 107 Å². The van der Waals surface area contributed by atoms with Gasteiger partial charge in [0.2, 0.25) is 11.9 Å². The summed E-state index contributed by atoms with van der Waals surface area (Å²) in [6.45, 7) is 18.0. The number of fused-ring (bicyclic) bond motifs is 26. The van der Waals surface area contributed by atoms with Crippen LogP contribution in [0.25, 0.3) is 233 Å². The van der Waals surface area contributed by atoms with Crippen LogP contribution in [0.4, 0.5) is 0 Å². The molecule has 8 aromatic heterocycles. The second-order valence-corrected chi connectivity index (χ2v) is 40.4. The van der Waals surface area contributed by atoms with Crippen LogP contribution in [0.3, 0.4) is 0 Å². The van der Waals surface area contributed by atoms with E-state index in [9.17, 15) is 0 Å². The predicted octanol–water partition coefficient (Wildman–Crippen LogP) is 34.2. The zero-order valence-corrected chi connectivity index (χ0v) is 83.2. The number of benzene rings is 20. The van der Waals surface area contributed by atoms with E-state index in [0.29, 0.717) is 35.2 Å². The normalized spacial score (nSPS) is 12.7. The fraction of sp³-hybridized carbons (Fsp3) is 0.0735. The molecule has 12 nitrogen and oxygen atoms in total. The van der Waals surface area contributed by atoms with E-state index in [1.54, 1.807) is 0 Å². The van der Waals surface area contributed by atoms with Crippen LogP contribution in [0.15, 0.2) is 461 Å². The Hall–Kier alpha value is -18.8. The van der Waals surface area contributed by atoms with Gasteiger partial charge in [0.15, 0.2) is 23.3 Å². The summed E-state index contributed by atoms with van der Waals surface area (Å²) in [7, 11) is 0. The highest BCUT2D eigenvalue weighted by atomic mass is 15.2. The zero-order chi connectivity index (χ0) is 99.3. The van der Waals surface area contributed by atoms with Crippen molar-refractivity contribution >= 4 is 131 Å². The van der Waals surface area contributed by atoms with Crippen molar-refractivity contribution in [2.75, 3.05) is 0 Å². The van der Waals surface area contributed by atoms with Crippen LogP contribution in [-0.2, 0) is 10.8 Å². The van der Waals surface area contributed by atoms with E-state index < -0.39 is 0 Å². The number of nitrogens with zero attached hydrogens (tertiary/aromatic N) is 12. The number of para-hydroxylation sites is 6. The van der Waals surface area contributed by atoms with Gasteiger partial charge in [-0.25, -0.2) is 9.97 Å². The molecular formula is C136H100N12. The average Bonchev–Trinajstić information content (AvgIpc) is 1.55. The molecule has 20 aromatic carbocycles. The summed E-state index contributed by atoms with van der Waals surface area (Å²) in [6, 6.07) is 164. The summed E-state index contributed by atoms with van der Waals surface area (Å²) < 4.78 is 14.2. The molecule has 0 bridgehead atoms. The quantitative estimate of drug-likeness (QED) is 0.135. The smallest absolute Gasteiger partial charge is 0.238 e. The maximum Gasteiger partial charge on any atom is 0.238 e. The molecule has 0 unspecified atom stereocenters. The zero-order valence-electron chi connectivity index (χ0n) is 83.2. The summed E-state index contributed by atoms with van der Waals surface area (Å²) in [6.07, 6.45) is 0. The van der Waals surface area contributed by atoms with Crippen LogP contribution in [-0.4, -0.2) is 57.3 Å². The Morgan fingerprint density at radius 3 is 0.770 bits per heavy atom. The van der Waals surface area contributed by atoms with E-state index >= 15 is 0 Å². The van der Waals surface area contributed by atoms with Gasteiger partial charge in [-0.1, -0.05) is 379 Å². The molecule has 0 atom stereocenters. The maximum absolute atomic E-state index is 5.11. The van der Waals surface area contributed by atoms with Gasteiger partial charge in [-0.05, 0) is 205 Å². The van der Waals surface area contributed by atoms with Crippen molar-refractivity contribution in [3.63, 3.8) is 0 Å². The summed E-state index contributed by atoms with van der Waals surface area (Å²) in [5.41, 5.74) is 38.3. The van der Waals surface area contributed by atoms with E-state index in [-0.39, 0.29) is 10.8 Å². The second kappa shape index (κ2) is 35.1. The summed E-state index contributed by atoms with van der Waals surface area (Å²) in [5, 5.41) is 15.1. The number of hydrogen-bond donors (Lipinski definition) is 0. The predicted molar refractivity (Wildman–Crippen MR) is 614 cm³/mol. The van der Waals surface area contributed by atoms with Gasteiger partial charge < -0.3 is 18.3 Å². The van der Waals surface area contributed by atoms with Gasteiger partial charge in [-0.15, -0.1) is 0 Å². The summed E-state index contributed by atoms with van der Waals surface area (Å²) in [4.78, 5) is 30.3. The molecule has 2 aliphatic carbocycles. The number of aryl methyl sites for hydroxylation is 4. The molecule has 0 saturated carbocycles. The lowest BCUT2D eigenvalue weighted by molar-refractivity contribution is 0.661. The minimum Gasteiger partial charge on any atom is -0.307 e. The molecule has 0 saturated heterocycles. The Morgan fingerprint density at radius 1 is 0.162 bits per heavy atom. The molecule has 0 N–H and O–H groups in total. The third-order valence-corrected chi connectivity index (χ3v) is 30.5. The fourth-order valence-corrected chi connectivity index (χ4v) is 23.6. The minimum absolute atomic E-state index is 0.0760. The van der Waals surface area contributed by atoms with Gasteiger partial charge >= 0.3 is 0 Å². The molecule has 0 radical (unpaired) electrons. The highest BCUT2D eigenvalue weighted by Gasteiger charge is 2.39. The first-order chi connectivity index (χ1) is 72.6. The van der Waals surface area contributed by atoms with E-state index in [1.807, 2.05) is 72.8 Å². The first-order valence-corrected chi connectivity index (χ1v) is 50.9. The van der Waals surface area contributed by atoms with E-state index in [1.165, 1.54) is 198 Å². The third kappa shape index (κ3) is 14.4. The van der Waals surface area contributed by atoms with Gasteiger partial charge in [0.05, 0.1) is 66.2 Å². The molecule has 704 valence electrons. The molecule has 0 amide bonds. The molecule has 12 heteroatoms. The molecule has 8 heterocycles. The number of rotatable bonds is 10. The van der Waals surface area contributed by atoms with Crippen molar-refractivity contribution in [3.05, 3.63) is 506 Å². The van der Waals surface area contributed by atoms with Crippen molar-refractivity contribution in [2.24, 2.45) is 0 Å². The number of hydrogen-bond acceptors (Lipinski definition) is 6. The van der Waals surface area contributed by atoms with Gasteiger partial charge in [0.1, 0.15) is 0 Å². The van der Waals surface area contributed by atoms with E-state index in [4.69, 9.17) is 29.9 Å². The Bertz CT molecular complexity index is 9930. The lowest BCUT2D eigenvalue weighted by Crippen LogP contribution is -2.14. The first-order valence-electron chi connectivity index (χ1n) is 50.9. The van der Waals surface area contributed by atoms with Gasteiger partial charge in [-0.3, -0.25) is 9.13 Å². The van der Waals surface area contributed by atoms with Crippen molar-refractivity contribution in [2.45, 2.75) is 66.2 Å². The minimum atomic E-state index is -0.0769. The lowest BCUT2D eigenvalue weighted by atomic mass is 9.82. The highest BCUT2D eigenvalue weighted by Crippen LogP contribution is 2.55. The van der Waals surface area contributed by atoms with Crippen LogP contribution in [0.1, 0.15) is 72.2 Å². The summed E-state index contributed by atoms with van der Waals surface area (Å²) >= 11 is 0. The van der Waals surface area contributed by atoms with Gasteiger partial charge in [0, 0.05) is 120 Å². The van der Waals surface area contributed by atoms with Crippen molar-refractivity contribution in [1.29, 1.82) is 0 Å². The second-order valence-electron chi connectivity index (χ2n) is 40.4. The molecule has 0 fully saturated rings. The maximum atomic E-state index is 5.11. The van der Waals surface area contributed by atoms with E-state index in [0.717, 1.165) is 44.3 Å². The fourth-order valence-electron chi connectivity index (χ4n) is 23.6. The van der Waals surface area contributed by atoms with Crippen molar-refractivity contribution < 1.29 is 0 Å². The molecule has 2 aliphatic rings. The number of aromatic nitrogens is 12. The van der Waals surface area contributed by atoms with Crippen LogP contribution < -0.4 is 0 Å². The Morgan fingerprint density at radius 2 is 0.399 bits per heavy atom. The molecule has 0 aliphatic heterocycles. The largest absolute Gasteiger partial charge is 0.307 e.